The molecule has 2 rings (SSSR count). The monoisotopic (exact) mass is 315 g/mol. The van der Waals surface area contributed by atoms with Gasteiger partial charge in [-0.15, -0.1) is 0 Å². The summed E-state index contributed by atoms with van der Waals surface area (Å²) in [6.45, 7) is 3.25. The molecule has 2 aromatic carbocycles. The zero-order chi connectivity index (χ0) is 17.1. The van der Waals surface area contributed by atoms with Crippen LogP contribution in [0, 0.1) is 34.1 Å². The van der Waals surface area contributed by atoms with Crippen LogP contribution in [0.25, 0.3) is 0 Å². The van der Waals surface area contributed by atoms with Crippen molar-refractivity contribution < 1.29 is 14.6 Å². The predicted octanol–water partition coefficient (Wildman–Crippen LogP) is 3.37. The van der Waals surface area contributed by atoms with Gasteiger partial charge in [0, 0.05) is 35.5 Å². The van der Waals surface area contributed by atoms with Gasteiger partial charge in [0.15, 0.2) is 0 Å². The Balaban J connectivity index is 2.26. The van der Waals surface area contributed by atoms with Crippen molar-refractivity contribution in [2.75, 3.05) is 5.32 Å². The number of anilines is 1. The van der Waals surface area contributed by atoms with E-state index >= 15 is 0 Å². The molecule has 0 fully saturated rings. The van der Waals surface area contributed by atoms with Crippen LogP contribution >= 0.6 is 0 Å². The highest BCUT2D eigenvalue weighted by Gasteiger charge is 2.15. The molecule has 0 aliphatic carbocycles. The van der Waals surface area contributed by atoms with Gasteiger partial charge in [-0.05, 0) is 37.1 Å². The van der Waals surface area contributed by atoms with Gasteiger partial charge in [-0.25, -0.2) is 0 Å². The number of amides is 1. The van der Waals surface area contributed by atoms with E-state index in [2.05, 4.69) is 5.32 Å². The van der Waals surface area contributed by atoms with E-state index in [0.29, 0.717) is 22.4 Å². The fourth-order valence-corrected chi connectivity index (χ4v) is 2.11. The molecule has 1 N–H and O–H groups in total. The lowest BCUT2D eigenvalue weighted by Gasteiger charge is -2.10. The highest BCUT2D eigenvalue weighted by Crippen LogP contribution is 2.23. The number of aryl methyl sites for hydroxylation is 2. The highest BCUT2D eigenvalue weighted by atomic mass is 16.6. The molecule has 0 spiro atoms. The first-order valence-electron chi connectivity index (χ1n) is 6.61. The lowest BCUT2D eigenvalue weighted by atomic mass is 10.1. The third kappa shape index (κ3) is 3.49. The normalized spacial score (nSPS) is 10.2. The molecule has 0 radical (unpaired) electrons. The van der Waals surface area contributed by atoms with Gasteiger partial charge in [-0.1, -0.05) is 0 Å². The smallest absolute Gasteiger partial charge is 0.269 e. The molecule has 0 saturated carbocycles. The van der Waals surface area contributed by atoms with Crippen LogP contribution in [0.2, 0.25) is 0 Å². The number of benzene rings is 2. The van der Waals surface area contributed by atoms with Gasteiger partial charge in [0.1, 0.15) is 0 Å². The van der Waals surface area contributed by atoms with Crippen molar-refractivity contribution in [1.82, 2.24) is 0 Å². The lowest BCUT2D eigenvalue weighted by Crippen LogP contribution is -2.14. The Labute approximate surface area is 131 Å². The Morgan fingerprint density at radius 2 is 1.43 bits per heavy atom. The second kappa shape index (κ2) is 6.22. The molecule has 2 aromatic rings. The van der Waals surface area contributed by atoms with Crippen LogP contribution in [0.5, 0.6) is 0 Å². The summed E-state index contributed by atoms with van der Waals surface area (Å²) in [6, 6.07) is 8.06. The Bertz CT molecular complexity index is 817. The summed E-state index contributed by atoms with van der Waals surface area (Å²) in [5.74, 6) is -0.436. The number of hydrogen-bond acceptors (Lipinski definition) is 5. The maximum Gasteiger partial charge on any atom is 0.269 e. The third-order valence-corrected chi connectivity index (χ3v) is 3.33. The molecule has 0 unspecified atom stereocenters. The van der Waals surface area contributed by atoms with E-state index < -0.39 is 15.8 Å². The van der Waals surface area contributed by atoms with Crippen LogP contribution in [-0.2, 0) is 0 Å². The van der Waals surface area contributed by atoms with E-state index in [0.717, 1.165) is 0 Å². The number of nitro groups is 2. The molecule has 0 heterocycles. The zero-order valence-electron chi connectivity index (χ0n) is 12.4. The zero-order valence-corrected chi connectivity index (χ0v) is 12.4. The number of hydrogen-bond donors (Lipinski definition) is 1. The van der Waals surface area contributed by atoms with E-state index in [9.17, 15) is 25.0 Å². The molecule has 118 valence electrons. The topological polar surface area (TPSA) is 115 Å². The average Bonchev–Trinajstić information content (AvgIpc) is 2.48. The molecule has 0 aromatic heterocycles. The van der Waals surface area contributed by atoms with Crippen LogP contribution in [0.1, 0.15) is 21.5 Å². The van der Waals surface area contributed by atoms with Crippen LogP contribution < -0.4 is 5.32 Å². The van der Waals surface area contributed by atoms with Crippen molar-refractivity contribution >= 4 is 23.0 Å². The van der Waals surface area contributed by atoms with Crippen LogP contribution in [0.15, 0.2) is 36.4 Å². The molecule has 1 amide bonds. The maximum atomic E-state index is 12.3. The average molecular weight is 315 g/mol. The summed E-state index contributed by atoms with van der Waals surface area (Å²) < 4.78 is 0. The number of carbonyl (C=O) groups excluding carboxylic acids is 1. The Hall–Kier alpha value is -3.29. The van der Waals surface area contributed by atoms with Gasteiger partial charge in [-0.3, -0.25) is 25.0 Å². The molecule has 0 aliphatic rings. The second-order valence-electron chi connectivity index (χ2n) is 4.97. The first kappa shape index (κ1) is 16.1. The number of carbonyl (C=O) groups is 1. The molecule has 8 heteroatoms. The maximum absolute atomic E-state index is 12.3. The minimum Gasteiger partial charge on any atom is -0.322 e. The molecule has 0 atom stereocenters. The number of nitrogens with zero attached hydrogens (tertiary/aromatic N) is 2. The Morgan fingerprint density at radius 3 is 1.91 bits per heavy atom. The quantitative estimate of drug-likeness (QED) is 0.686. The largest absolute Gasteiger partial charge is 0.322 e. The molecule has 8 nitrogen and oxygen atoms in total. The predicted molar refractivity (Wildman–Crippen MR) is 83.6 cm³/mol. The molecule has 23 heavy (non-hydrogen) atoms. The van der Waals surface area contributed by atoms with Crippen molar-refractivity contribution in [2.45, 2.75) is 13.8 Å². The number of non-ortho nitro benzene ring substituents is 2. The minimum absolute atomic E-state index is 0.0629. The summed E-state index contributed by atoms with van der Waals surface area (Å²) in [6.07, 6.45) is 0. The molecular weight excluding hydrogens is 302 g/mol. The summed E-state index contributed by atoms with van der Waals surface area (Å²) in [5, 5.41) is 24.1. The van der Waals surface area contributed by atoms with Crippen molar-refractivity contribution in [2.24, 2.45) is 0 Å². The second-order valence-corrected chi connectivity index (χ2v) is 4.97. The number of nitrogens with one attached hydrogen (secondary N) is 1. The molecular formula is C15H13N3O5. The summed E-state index contributed by atoms with van der Waals surface area (Å²) in [7, 11) is 0. The van der Waals surface area contributed by atoms with Crippen molar-refractivity contribution in [3.63, 3.8) is 0 Å². The van der Waals surface area contributed by atoms with Crippen LogP contribution in [0.4, 0.5) is 17.1 Å². The number of rotatable bonds is 4. The lowest BCUT2D eigenvalue weighted by molar-refractivity contribution is -0.385. The van der Waals surface area contributed by atoms with Gasteiger partial charge in [0.25, 0.3) is 17.3 Å². The first-order valence-corrected chi connectivity index (χ1v) is 6.61. The van der Waals surface area contributed by atoms with Gasteiger partial charge < -0.3 is 5.32 Å². The third-order valence-electron chi connectivity index (χ3n) is 3.33. The van der Waals surface area contributed by atoms with E-state index in [-0.39, 0.29) is 11.4 Å². The molecule has 0 saturated heterocycles. The van der Waals surface area contributed by atoms with E-state index in [1.165, 1.54) is 36.4 Å². The van der Waals surface area contributed by atoms with E-state index in [4.69, 9.17) is 0 Å². The van der Waals surface area contributed by atoms with Gasteiger partial charge in [-0.2, -0.15) is 0 Å². The summed E-state index contributed by atoms with van der Waals surface area (Å²) in [5.41, 5.74) is 1.60. The van der Waals surface area contributed by atoms with E-state index in [1.54, 1.807) is 13.8 Å². The summed E-state index contributed by atoms with van der Waals surface area (Å²) >= 11 is 0. The fourth-order valence-electron chi connectivity index (χ4n) is 2.11. The SMILES string of the molecule is Cc1cc([N+](=O)[O-])ccc1NC(=O)c1ccc([N+](=O)[O-])cc1C. The van der Waals surface area contributed by atoms with Gasteiger partial charge in [0.05, 0.1) is 9.85 Å². The molecule has 0 bridgehead atoms. The first-order chi connectivity index (χ1) is 10.8. The number of nitro benzene ring substituents is 2. The fraction of sp³-hybridized carbons (Fsp3) is 0.133. The van der Waals surface area contributed by atoms with E-state index in [1.807, 2.05) is 0 Å². The van der Waals surface area contributed by atoms with Crippen molar-refractivity contribution in [1.29, 1.82) is 0 Å². The summed E-state index contributed by atoms with van der Waals surface area (Å²) in [4.78, 5) is 32.6. The minimum atomic E-state index is -0.533. The van der Waals surface area contributed by atoms with Gasteiger partial charge >= 0.3 is 0 Å². The Morgan fingerprint density at radius 1 is 0.913 bits per heavy atom. The molecule has 0 aliphatic heterocycles. The van der Waals surface area contributed by atoms with Gasteiger partial charge in [0.2, 0.25) is 0 Å². The van der Waals surface area contributed by atoms with Crippen molar-refractivity contribution in [3.8, 4) is 0 Å². The van der Waals surface area contributed by atoms with Crippen molar-refractivity contribution in [3.05, 3.63) is 73.3 Å². The van der Waals surface area contributed by atoms with Crippen LogP contribution in [0.3, 0.4) is 0 Å². The van der Waals surface area contributed by atoms with Crippen LogP contribution in [-0.4, -0.2) is 15.8 Å². The highest BCUT2D eigenvalue weighted by molar-refractivity contribution is 6.05. The Kier molecular flexibility index (Phi) is 4.35. The standard InChI is InChI=1S/C15H13N3O5/c1-9-7-11(17(20)21)3-5-13(9)15(19)16-14-6-4-12(18(22)23)8-10(14)2/h3-8H,1-2H3,(H,16,19).